The van der Waals surface area contributed by atoms with Crippen molar-refractivity contribution in [3.05, 3.63) is 99.3 Å². The molecule has 0 fully saturated rings. The van der Waals surface area contributed by atoms with Crippen molar-refractivity contribution in [3.8, 4) is 0 Å². The van der Waals surface area contributed by atoms with Gasteiger partial charge in [0.15, 0.2) is 4.80 Å². The van der Waals surface area contributed by atoms with Crippen molar-refractivity contribution in [2.24, 2.45) is 12.0 Å². The number of carbonyl (C=O) groups excluding carboxylic acids is 1. The highest BCUT2D eigenvalue weighted by atomic mass is 32.1. The van der Waals surface area contributed by atoms with E-state index in [0.29, 0.717) is 5.56 Å². The SMILES string of the molecule is Cc1ccc2sc(=NC(=O)c3ccc(Cc4ccccc4)cc3)n(C)c2c1C. The highest BCUT2D eigenvalue weighted by Crippen LogP contribution is 2.23. The highest BCUT2D eigenvalue weighted by Gasteiger charge is 2.10. The zero-order chi connectivity index (χ0) is 19.7. The molecule has 0 aliphatic rings. The summed E-state index contributed by atoms with van der Waals surface area (Å²) < 4.78 is 3.17. The van der Waals surface area contributed by atoms with E-state index in [1.807, 2.05) is 54.1 Å². The summed E-state index contributed by atoms with van der Waals surface area (Å²) in [5.41, 5.74) is 6.68. The van der Waals surface area contributed by atoms with Gasteiger partial charge in [-0.2, -0.15) is 4.99 Å². The smallest absolute Gasteiger partial charge is 0.279 e. The van der Waals surface area contributed by atoms with Gasteiger partial charge in [-0.15, -0.1) is 0 Å². The Labute approximate surface area is 168 Å². The van der Waals surface area contributed by atoms with Gasteiger partial charge >= 0.3 is 0 Å². The average molecular weight is 387 g/mol. The van der Waals surface area contributed by atoms with Crippen molar-refractivity contribution >= 4 is 27.5 Å². The van der Waals surface area contributed by atoms with Crippen LogP contribution in [-0.2, 0) is 13.5 Å². The third-order valence-corrected chi connectivity index (χ3v) is 6.23. The molecule has 0 atom stereocenters. The van der Waals surface area contributed by atoms with E-state index in [0.717, 1.165) is 21.4 Å². The number of aryl methyl sites for hydroxylation is 3. The van der Waals surface area contributed by atoms with Crippen molar-refractivity contribution < 1.29 is 4.79 Å². The Hall–Kier alpha value is -2.98. The molecule has 1 heterocycles. The van der Waals surface area contributed by atoms with Crippen LogP contribution in [0, 0.1) is 13.8 Å². The zero-order valence-corrected chi connectivity index (χ0v) is 17.1. The van der Waals surface area contributed by atoms with Crippen LogP contribution in [0.15, 0.2) is 71.7 Å². The lowest BCUT2D eigenvalue weighted by Gasteiger charge is -2.04. The second-order valence-corrected chi connectivity index (χ2v) is 8.08. The Balaban J connectivity index is 1.62. The Kier molecular flexibility index (Phi) is 4.97. The van der Waals surface area contributed by atoms with Crippen LogP contribution in [0.5, 0.6) is 0 Å². The second kappa shape index (κ2) is 7.56. The molecule has 4 heteroatoms. The van der Waals surface area contributed by atoms with E-state index in [1.165, 1.54) is 22.3 Å². The summed E-state index contributed by atoms with van der Waals surface area (Å²) in [4.78, 5) is 17.8. The van der Waals surface area contributed by atoms with Crippen molar-refractivity contribution in [2.75, 3.05) is 0 Å². The van der Waals surface area contributed by atoms with E-state index >= 15 is 0 Å². The van der Waals surface area contributed by atoms with E-state index in [1.54, 1.807) is 11.3 Å². The van der Waals surface area contributed by atoms with Crippen molar-refractivity contribution in [1.82, 2.24) is 4.57 Å². The molecule has 140 valence electrons. The molecule has 0 bridgehead atoms. The Morgan fingerprint density at radius 2 is 1.61 bits per heavy atom. The fourth-order valence-electron chi connectivity index (χ4n) is 3.38. The second-order valence-electron chi connectivity index (χ2n) is 7.07. The number of rotatable bonds is 3. The third-order valence-electron chi connectivity index (χ3n) is 5.14. The molecule has 0 saturated carbocycles. The average Bonchev–Trinajstić information content (AvgIpc) is 3.02. The fourth-order valence-corrected chi connectivity index (χ4v) is 4.46. The van der Waals surface area contributed by atoms with Gasteiger partial charge < -0.3 is 4.57 Å². The predicted molar refractivity (Wildman–Crippen MR) is 116 cm³/mol. The predicted octanol–water partition coefficient (Wildman–Crippen LogP) is 5.19. The Morgan fingerprint density at radius 1 is 0.929 bits per heavy atom. The molecule has 4 aromatic rings. The summed E-state index contributed by atoms with van der Waals surface area (Å²) in [7, 11) is 1.97. The molecule has 0 saturated heterocycles. The molecule has 0 aliphatic heterocycles. The quantitative estimate of drug-likeness (QED) is 0.477. The molecule has 0 N–H and O–H groups in total. The Bertz CT molecular complexity index is 1220. The van der Waals surface area contributed by atoms with E-state index in [9.17, 15) is 4.79 Å². The van der Waals surface area contributed by atoms with Crippen LogP contribution in [0.4, 0.5) is 0 Å². The minimum Gasteiger partial charge on any atom is -0.319 e. The molecular formula is C24H22N2OS. The van der Waals surface area contributed by atoms with Crippen LogP contribution in [0.2, 0.25) is 0 Å². The molecule has 3 nitrogen and oxygen atoms in total. The van der Waals surface area contributed by atoms with Gasteiger partial charge in [-0.25, -0.2) is 0 Å². The number of hydrogen-bond acceptors (Lipinski definition) is 2. The molecule has 0 radical (unpaired) electrons. The summed E-state index contributed by atoms with van der Waals surface area (Å²) in [6.07, 6.45) is 0.857. The highest BCUT2D eigenvalue weighted by molar-refractivity contribution is 7.16. The number of fused-ring (bicyclic) bond motifs is 1. The molecule has 28 heavy (non-hydrogen) atoms. The van der Waals surface area contributed by atoms with Gasteiger partial charge in [0.1, 0.15) is 0 Å². The van der Waals surface area contributed by atoms with Gasteiger partial charge in [-0.3, -0.25) is 4.79 Å². The molecule has 0 unspecified atom stereocenters. The van der Waals surface area contributed by atoms with Crippen LogP contribution in [0.3, 0.4) is 0 Å². The van der Waals surface area contributed by atoms with Crippen LogP contribution in [-0.4, -0.2) is 10.5 Å². The monoisotopic (exact) mass is 386 g/mol. The van der Waals surface area contributed by atoms with E-state index < -0.39 is 0 Å². The summed E-state index contributed by atoms with van der Waals surface area (Å²) >= 11 is 1.55. The largest absolute Gasteiger partial charge is 0.319 e. The number of benzene rings is 3. The number of hydrogen-bond donors (Lipinski definition) is 0. The lowest BCUT2D eigenvalue weighted by molar-refractivity contribution is 0.0998. The maximum Gasteiger partial charge on any atom is 0.279 e. The maximum atomic E-state index is 12.7. The minimum atomic E-state index is -0.206. The van der Waals surface area contributed by atoms with Gasteiger partial charge in [0.25, 0.3) is 5.91 Å². The first-order valence-electron chi connectivity index (χ1n) is 9.30. The zero-order valence-electron chi connectivity index (χ0n) is 16.3. The summed E-state index contributed by atoms with van der Waals surface area (Å²) in [6, 6.07) is 22.3. The Morgan fingerprint density at radius 3 is 2.32 bits per heavy atom. The minimum absolute atomic E-state index is 0.206. The third kappa shape index (κ3) is 3.56. The van der Waals surface area contributed by atoms with E-state index in [-0.39, 0.29) is 5.91 Å². The number of aromatic nitrogens is 1. The molecule has 4 rings (SSSR count). The number of amides is 1. The number of thiazole rings is 1. The van der Waals surface area contributed by atoms with Crippen LogP contribution < -0.4 is 4.80 Å². The lowest BCUT2D eigenvalue weighted by atomic mass is 10.0. The lowest BCUT2D eigenvalue weighted by Crippen LogP contribution is -2.13. The first-order chi connectivity index (χ1) is 13.5. The standard InChI is InChI=1S/C24H22N2OS/c1-16-9-14-21-22(17(16)2)26(3)24(28-21)25-23(27)20-12-10-19(11-13-20)15-18-7-5-4-6-8-18/h4-14H,15H2,1-3H3. The first-order valence-corrected chi connectivity index (χ1v) is 10.1. The van der Waals surface area contributed by atoms with Crippen molar-refractivity contribution in [3.63, 3.8) is 0 Å². The summed E-state index contributed by atoms with van der Waals surface area (Å²) in [5, 5.41) is 0. The van der Waals surface area contributed by atoms with Gasteiger partial charge in [-0.1, -0.05) is 59.9 Å². The summed E-state index contributed by atoms with van der Waals surface area (Å²) in [5.74, 6) is -0.206. The van der Waals surface area contributed by atoms with Crippen molar-refractivity contribution in [1.29, 1.82) is 0 Å². The van der Waals surface area contributed by atoms with Gasteiger partial charge in [-0.05, 0) is 60.7 Å². The fraction of sp³-hybridized carbons (Fsp3) is 0.167. The molecule has 3 aromatic carbocycles. The van der Waals surface area contributed by atoms with Crippen molar-refractivity contribution in [2.45, 2.75) is 20.3 Å². The molecule has 0 spiro atoms. The summed E-state index contributed by atoms with van der Waals surface area (Å²) in [6.45, 7) is 4.22. The van der Waals surface area contributed by atoms with Gasteiger partial charge in [0, 0.05) is 12.6 Å². The van der Waals surface area contributed by atoms with Gasteiger partial charge in [0.2, 0.25) is 0 Å². The van der Waals surface area contributed by atoms with Crippen LogP contribution in [0.1, 0.15) is 32.6 Å². The van der Waals surface area contributed by atoms with E-state index in [2.05, 4.69) is 43.1 Å². The van der Waals surface area contributed by atoms with Crippen LogP contribution >= 0.6 is 11.3 Å². The number of nitrogens with zero attached hydrogens (tertiary/aromatic N) is 2. The molecular weight excluding hydrogens is 364 g/mol. The van der Waals surface area contributed by atoms with Gasteiger partial charge in [0.05, 0.1) is 10.2 Å². The number of carbonyl (C=O) groups is 1. The molecule has 1 amide bonds. The normalized spacial score (nSPS) is 11.9. The molecule has 1 aromatic heterocycles. The van der Waals surface area contributed by atoms with E-state index in [4.69, 9.17) is 0 Å². The topological polar surface area (TPSA) is 34.4 Å². The molecule has 0 aliphatic carbocycles. The van der Waals surface area contributed by atoms with Crippen LogP contribution in [0.25, 0.3) is 10.2 Å². The maximum absolute atomic E-state index is 12.7. The first kappa shape index (κ1) is 18.4.